The topological polar surface area (TPSA) is 46.9 Å². The van der Waals surface area contributed by atoms with Crippen LogP contribution in [0.15, 0.2) is 61.1 Å². The number of amides is 1. The molecule has 116 valence electrons. The van der Waals surface area contributed by atoms with Gasteiger partial charge in [0.25, 0.3) is 5.91 Å². The summed E-state index contributed by atoms with van der Waals surface area (Å²) in [5.41, 5.74) is 1.99. The number of rotatable bonds is 4. The molecule has 0 radical (unpaired) electrons. The number of imidazole rings is 1. The maximum Gasteiger partial charge on any atom is 0.270 e. The fourth-order valence-corrected chi connectivity index (χ4v) is 2.27. The van der Waals surface area contributed by atoms with Crippen molar-refractivity contribution in [3.05, 3.63) is 83.2 Å². The number of hydrogen-bond acceptors (Lipinski definition) is 2. The van der Waals surface area contributed by atoms with E-state index < -0.39 is 0 Å². The minimum atomic E-state index is -0.331. The molecule has 0 atom stereocenters. The quantitative estimate of drug-likeness (QED) is 0.795. The van der Waals surface area contributed by atoms with Gasteiger partial charge in [-0.15, -0.1) is 0 Å². The van der Waals surface area contributed by atoms with Crippen molar-refractivity contribution in [2.45, 2.75) is 6.54 Å². The van der Waals surface area contributed by atoms with Crippen LogP contribution < -0.4 is 5.32 Å². The van der Waals surface area contributed by atoms with E-state index in [0.717, 1.165) is 5.56 Å². The first-order valence-corrected chi connectivity index (χ1v) is 7.32. The van der Waals surface area contributed by atoms with Crippen LogP contribution in [-0.4, -0.2) is 15.5 Å². The van der Waals surface area contributed by atoms with E-state index in [1.54, 1.807) is 28.8 Å². The molecule has 0 saturated heterocycles. The van der Waals surface area contributed by atoms with Crippen molar-refractivity contribution >= 4 is 17.5 Å². The molecule has 1 amide bonds. The Hall–Kier alpha value is -2.66. The molecule has 6 heteroatoms. The highest BCUT2D eigenvalue weighted by Gasteiger charge is 2.12. The zero-order valence-electron chi connectivity index (χ0n) is 12.0. The third kappa shape index (κ3) is 3.57. The molecule has 0 spiro atoms. The average molecular weight is 330 g/mol. The zero-order chi connectivity index (χ0) is 16.2. The zero-order valence-corrected chi connectivity index (χ0v) is 12.8. The van der Waals surface area contributed by atoms with E-state index in [4.69, 9.17) is 11.6 Å². The van der Waals surface area contributed by atoms with Crippen molar-refractivity contribution in [1.82, 2.24) is 14.9 Å². The van der Waals surface area contributed by atoms with Crippen molar-refractivity contribution in [3.8, 4) is 5.69 Å². The average Bonchev–Trinajstić information content (AvgIpc) is 3.04. The maximum atomic E-state index is 13.0. The number of aromatic nitrogens is 2. The second-order valence-corrected chi connectivity index (χ2v) is 5.37. The van der Waals surface area contributed by atoms with E-state index in [1.807, 2.05) is 12.1 Å². The summed E-state index contributed by atoms with van der Waals surface area (Å²) >= 11 is 5.83. The molecular weight excluding hydrogens is 317 g/mol. The Labute approximate surface area is 137 Å². The standard InChI is InChI=1S/C17H13ClFN3O/c18-13-3-1-12(2-4-13)9-21-17(23)16-10-20-11-22(16)15-7-5-14(19)6-8-15/h1-8,10-11H,9H2,(H,21,23). The highest BCUT2D eigenvalue weighted by Crippen LogP contribution is 2.13. The van der Waals surface area contributed by atoms with Crippen LogP contribution in [0.3, 0.4) is 0 Å². The number of carbonyl (C=O) groups is 1. The predicted octanol–water partition coefficient (Wildman–Crippen LogP) is 3.59. The number of carbonyl (C=O) groups excluding carboxylic acids is 1. The minimum Gasteiger partial charge on any atom is -0.347 e. The fraction of sp³-hybridized carbons (Fsp3) is 0.0588. The van der Waals surface area contributed by atoms with Crippen molar-refractivity contribution in [2.75, 3.05) is 0 Å². The largest absolute Gasteiger partial charge is 0.347 e. The maximum absolute atomic E-state index is 13.0. The van der Waals surface area contributed by atoms with E-state index in [0.29, 0.717) is 22.9 Å². The number of hydrogen-bond donors (Lipinski definition) is 1. The summed E-state index contributed by atoms with van der Waals surface area (Å²) in [7, 11) is 0. The van der Waals surface area contributed by atoms with Gasteiger partial charge >= 0.3 is 0 Å². The Morgan fingerprint density at radius 1 is 1.13 bits per heavy atom. The Morgan fingerprint density at radius 3 is 2.52 bits per heavy atom. The molecule has 2 aromatic carbocycles. The van der Waals surface area contributed by atoms with Crippen LogP contribution in [0.1, 0.15) is 16.1 Å². The van der Waals surface area contributed by atoms with E-state index in [9.17, 15) is 9.18 Å². The van der Waals surface area contributed by atoms with Gasteiger partial charge in [-0.3, -0.25) is 9.36 Å². The van der Waals surface area contributed by atoms with Crippen molar-refractivity contribution in [3.63, 3.8) is 0 Å². The highest BCUT2D eigenvalue weighted by molar-refractivity contribution is 6.30. The summed E-state index contributed by atoms with van der Waals surface area (Å²) in [4.78, 5) is 16.3. The van der Waals surface area contributed by atoms with Gasteiger partial charge in [-0.1, -0.05) is 23.7 Å². The van der Waals surface area contributed by atoms with Crippen LogP contribution >= 0.6 is 11.6 Å². The lowest BCUT2D eigenvalue weighted by Gasteiger charge is -2.09. The molecule has 23 heavy (non-hydrogen) atoms. The number of halogens is 2. The molecule has 3 aromatic rings. The molecule has 0 bridgehead atoms. The van der Waals surface area contributed by atoms with E-state index in [1.165, 1.54) is 24.7 Å². The molecule has 0 saturated carbocycles. The van der Waals surface area contributed by atoms with Crippen LogP contribution in [0, 0.1) is 5.82 Å². The summed E-state index contributed by atoms with van der Waals surface area (Å²) in [6, 6.07) is 13.1. The van der Waals surface area contributed by atoms with Gasteiger partial charge in [0, 0.05) is 17.3 Å². The Balaban J connectivity index is 1.74. The summed E-state index contributed by atoms with van der Waals surface area (Å²) in [5.74, 6) is -0.593. The number of nitrogens with one attached hydrogen (secondary N) is 1. The SMILES string of the molecule is O=C(NCc1ccc(Cl)cc1)c1cncn1-c1ccc(F)cc1. The fourth-order valence-electron chi connectivity index (χ4n) is 2.15. The summed E-state index contributed by atoms with van der Waals surface area (Å²) in [6.07, 6.45) is 2.99. The molecule has 0 aliphatic carbocycles. The van der Waals surface area contributed by atoms with Crippen LogP contribution in [0.5, 0.6) is 0 Å². The monoisotopic (exact) mass is 329 g/mol. The molecule has 0 fully saturated rings. The van der Waals surface area contributed by atoms with Crippen LogP contribution in [-0.2, 0) is 6.54 Å². The lowest BCUT2D eigenvalue weighted by atomic mass is 10.2. The second kappa shape index (κ2) is 6.62. The molecule has 0 aliphatic rings. The normalized spacial score (nSPS) is 10.5. The lowest BCUT2D eigenvalue weighted by Crippen LogP contribution is -2.25. The first kappa shape index (κ1) is 15.2. The van der Waals surface area contributed by atoms with Gasteiger partial charge in [0.05, 0.1) is 12.5 Å². The smallest absolute Gasteiger partial charge is 0.270 e. The Morgan fingerprint density at radius 2 is 1.83 bits per heavy atom. The summed E-state index contributed by atoms with van der Waals surface area (Å²) in [5, 5.41) is 3.47. The van der Waals surface area contributed by atoms with Gasteiger partial charge < -0.3 is 5.32 Å². The van der Waals surface area contributed by atoms with Crippen LogP contribution in [0.25, 0.3) is 5.69 Å². The van der Waals surface area contributed by atoms with Crippen molar-refractivity contribution in [1.29, 1.82) is 0 Å². The first-order valence-electron chi connectivity index (χ1n) is 6.94. The van der Waals surface area contributed by atoms with Crippen molar-refractivity contribution < 1.29 is 9.18 Å². The van der Waals surface area contributed by atoms with E-state index >= 15 is 0 Å². The number of nitrogens with zero attached hydrogens (tertiary/aromatic N) is 2. The predicted molar refractivity (Wildman–Crippen MR) is 86.1 cm³/mol. The van der Waals surface area contributed by atoms with Crippen molar-refractivity contribution in [2.24, 2.45) is 0 Å². The van der Waals surface area contributed by atoms with Gasteiger partial charge in [0.2, 0.25) is 0 Å². The molecule has 4 nitrogen and oxygen atoms in total. The van der Waals surface area contributed by atoms with Crippen LogP contribution in [0.2, 0.25) is 5.02 Å². The van der Waals surface area contributed by atoms with Gasteiger partial charge in [-0.2, -0.15) is 0 Å². The van der Waals surface area contributed by atoms with Gasteiger partial charge in [-0.25, -0.2) is 9.37 Å². The summed E-state index contributed by atoms with van der Waals surface area (Å²) in [6.45, 7) is 0.380. The summed E-state index contributed by atoms with van der Waals surface area (Å²) < 4.78 is 14.6. The third-order valence-corrected chi connectivity index (χ3v) is 3.59. The number of benzene rings is 2. The first-order chi connectivity index (χ1) is 11.1. The molecular formula is C17H13ClFN3O. The molecule has 3 rings (SSSR count). The molecule has 0 unspecified atom stereocenters. The Bertz CT molecular complexity index is 813. The highest BCUT2D eigenvalue weighted by atomic mass is 35.5. The van der Waals surface area contributed by atoms with Gasteiger partial charge in [0.1, 0.15) is 11.5 Å². The van der Waals surface area contributed by atoms with E-state index in [-0.39, 0.29) is 11.7 Å². The van der Waals surface area contributed by atoms with Gasteiger partial charge in [0.15, 0.2) is 0 Å². The molecule has 1 aromatic heterocycles. The third-order valence-electron chi connectivity index (χ3n) is 3.34. The molecule has 1 N–H and O–H groups in total. The molecule has 1 heterocycles. The second-order valence-electron chi connectivity index (χ2n) is 4.93. The minimum absolute atomic E-state index is 0.262. The lowest BCUT2D eigenvalue weighted by molar-refractivity contribution is 0.0944. The van der Waals surface area contributed by atoms with Crippen LogP contribution in [0.4, 0.5) is 4.39 Å². The van der Waals surface area contributed by atoms with Gasteiger partial charge in [-0.05, 0) is 42.0 Å². The Kier molecular flexibility index (Phi) is 4.39. The van der Waals surface area contributed by atoms with E-state index in [2.05, 4.69) is 10.3 Å². The molecule has 0 aliphatic heterocycles.